The van der Waals surface area contributed by atoms with Gasteiger partial charge in [0.2, 0.25) is 0 Å². The Hall–Kier alpha value is -2.10. The minimum atomic E-state index is -0.494. The number of ether oxygens (including phenoxy) is 1. The number of benzene rings is 1. The lowest BCUT2D eigenvalue weighted by Crippen LogP contribution is -2.34. The molecule has 20 heavy (non-hydrogen) atoms. The number of carbonyl (C=O) groups is 2. The van der Waals surface area contributed by atoms with Crippen LogP contribution in [-0.4, -0.2) is 18.5 Å². The second kappa shape index (κ2) is 6.89. The van der Waals surface area contributed by atoms with Crippen LogP contribution in [0.1, 0.15) is 36.9 Å². The molecule has 1 amide bonds. The van der Waals surface area contributed by atoms with Gasteiger partial charge in [0.25, 0.3) is 5.91 Å². The Balaban J connectivity index is 1.91. The maximum Gasteiger partial charge on any atom is 0.330 e. The van der Waals surface area contributed by atoms with E-state index in [1.165, 1.54) is 17.2 Å². The van der Waals surface area contributed by atoms with Crippen molar-refractivity contribution in [3.8, 4) is 0 Å². The summed E-state index contributed by atoms with van der Waals surface area (Å²) in [6.45, 7) is 1.49. The Morgan fingerprint density at radius 3 is 3.00 bits per heavy atom. The lowest BCUT2D eigenvalue weighted by molar-refractivity contribution is -0.144. The number of allylic oxidation sites excluding steroid dienone is 1. The molecule has 2 rings (SSSR count). The van der Waals surface area contributed by atoms with Crippen molar-refractivity contribution in [1.82, 2.24) is 5.32 Å². The molecule has 4 nitrogen and oxygen atoms in total. The first-order valence-electron chi connectivity index (χ1n) is 6.87. The van der Waals surface area contributed by atoms with E-state index >= 15 is 0 Å². The maximum atomic E-state index is 11.8. The molecular formula is C16H19NO3. The Morgan fingerprint density at radius 1 is 1.40 bits per heavy atom. The molecule has 0 unspecified atom stereocenters. The molecule has 0 aromatic heterocycles. The van der Waals surface area contributed by atoms with Crippen LogP contribution in [0.5, 0.6) is 0 Å². The van der Waals surface area contributed by atoms with Gasteiger partial charge in [-0.1, -0.05) is 30.3 Å². The number of esters is 1. The summed E-state index contributed by atoms with van der Waals surface area (Å²) in [5.41, 5.74) is 2.46. The average molecular weight is 273 g/mol. The van der Waals surface area contributed by atoms with E-state index < -0.39 is 5.97 Å². The fraction of sp³-hybridized carbons (Fsp3) is 0.375. The van der Waals surface area contributed by atoms with Crippen LogP contribution < -0.4 is 5.32 Å². The molecule has 0 saturated heterocycles. The van der Waals surface area contributed by atoms with Gasteiger partial charge in [-0.3, -0.25) is 4.79 Å². The molecule has 0 bridgehead atoms. The zero-order chi connectivity index (χ0) is 14.4. The normalized spacial score (nSPS) is 17.6. The second-order valence-corrected chi connectivity index (χ2v) is 4.82. The van der Waals surface area contributed by atoms with Crippen molar-refractivity contribution < 1.29 is 14.3 Å². The largest absolute Gasteiger partial charge is 0.452 e. The third kappa shape index (κ3) is 3.70. The predicted octanol–water partition coefficient (Wildman–Crippen LogP) is 2.30. The Kier molecular flexibility index (Phi) is 4.93. The zero-order valence-electron chi connectivity index (χ0n) is 11.6. The molecular weight excluding hydrogens is 254 g/mol. The van der Waals surface area contributed by atoms with Gasteiger partial charge in [-0.25, -0.2) is 4.79 Å². The molecule has 0 radical (unpaired) electrons. The van der Waals surface area contributed by atoms with Crippen molar-refractivity contribution >= 4 is 11.9 Å². The molecule has 1 aromatic carbocycles. The van der Waals surface area contributed by atoms with Gasteiger partial charge in [0.1, 0.15) is 0 Å². The van der Waals surface area contributed by atoms with Gasteiger partial charge in [0.15, 0.2) is 6.61 Å². The number of hydrogen-bond acceptors (Lipinski definition) is 3. The summed E-state index contributed by atoms with van der Waals surface area (Å²) in [6, 6.07) is 8.16. The summed E-state index contributed by atoms with van der Waals surface area (Å²) in [4.78, 5) is 23.0. The number of amides is 1. The van der Waals surface area contributed by atoms with Gasteiger partial charge < -0.3 is 10.1 Å². The fourth-order valence-electron chi connectivity index (χ4n) is 2.46. The van der Waals surface area contributed by atoms with Crippen LogP contribution in [0, 0.1) is 0 Å². The van der Waals surface area contributed by atoms with E-state index in [9.17, 15) is 9.59 Å². The van der Waals surface area contributed by atoms with E-state index in [1.807, 2.05) is 18.2 Å². The van der Waals surface area contributed by atoms with Gasteiger partial charge in [-0.05, 0) is 37.3 Å². The molecule has 1 aliphatic carbocycles. The van der Waals surface area contributed by atoms with Gasteiger partial charge in [-0.15, -0.1) is 0 Å². The van der Waals surface area contributed by atoms with Crippen LogP contribution in [-0.2, 0) is 20.7 Å². The number of nitrogens with one attached hydrogen (secondary N) is 1. The van der Waals surface area contributed by atoms with Crippen molar-refractivity contribution in [2.24, 2.45) is 0 Å². The number of fused-ring (bicyclic) bond motifs is 1. The highest BCUT2D eigenvalue weighted by Gasteiger charge is 2.21. The highest BCUT2D eigenvalue weighted by molar-refractivity contribution is 5.85. The van der Waals surface area contributed by atoms with Crippen molar-refractivity contribution in [3.05, 3.63) is 47.5 Å². The summed E-state index contributed by atoms with van der Waals surface area (Å²) in [5, 5.41) is 2.93. The van der Waals surface area contributed by atoms with Crippen molar-refractivity contribution in [2.45, 2.75) is 32.2 Å². The van der Waals surface area contributed by atoms with E-state index in [-0.39, 0.29) is 18.6 Å². The first kappa shape index (κ1) is 14.3. The highest BCUT2D eigenvalue weighted by atomic mass is 16.5. The van der Waals surface area contributed by atoms with Crippen LogP contribution in [0.15, 0.2) is 36.4 Å². The number of hydrogen-bond donors (Lipinski definition) is 1. The summed E-state index contributed by atoms with van der Waals surface area (Å²) in [6.07, 6.45) is 5.91. The third-order valence-corrected chi connectivity index (χ3v) is 3.35. The molecule has 1 N–H and O–H groups in total. The minimum Gasteiger partial charge on any atom is -0.452 e. The Morgan fingerprint density at radius 2 is 2.20 bits per heavy atom. The van der Waals surface area contributed by atoms with Crippen LogP contribution >= 0.6 is 0 Å². The first-order valence-corrected chi connectivity index (χ1v) is 6.87. The lowest BCUT2D eigenvalue weighted by Gasteiger charge is -2.26. The van der Waals surface area contributed by atoms with Crippen molar-refractivity contribution in [1.29, 1.82) is 0 Å². The number of carbonyl (C=O) groups excluding carboxylic acids is 2. The van der Waals surface area contributed by atoms with Gasteiger partial charge in [0.05, 0.1) is 6.04 Å². The van der Waals surface area contributed by atoms with Crippen molar-refractivity contribution in [2.75, 3.05) is 6.61 Å². The fourth-order valence-corrected chi connectivity index (χ4v) is 2.46. The molecule has 0 spiro atoms. The SMILES string of the molecule is C/C=C/C(=O)OCC(=O)N[C@H]1CCCc2ccccc21. The summed E-state index contributed by atoms with van der Waals surface area (Å²) >= 11 is 0. The molecule has 4 heteroatoms. The maximum absolute atomic E-state index is 11.8. The molecule has 1 atom stereocenters. The van der Waals surface area contributed by atoms with Crippen LogP contribution in [0.3, 0.4) is 0 Å². The molecule has 0 heterocycles. The smallest absolute Gasteiger partial charge is 0.330 e. The van der Waals surface area contributed by atoms with Crippen LogP contribution in [0.25, 0.3) is 0 Å². The second-order valence-electron chi connectivity index (χ2n) is 4.82. The minimum absolute atomic E-state index is 0.0212. The summed E-state index contributed by atoms with van der Waals surface area (Å²) in [7, 11) is 0. The summed E-state index contributed by atoms with van der Waals surface area (Å²) in [5.74, 6) is -0.753. The van der Waals surface area contributed by atoms with Gasteiger partial charge in [-0.2, -0.15) is 0 Å². The molecule has 1 aromatic rings. The zero-order valence-corrected chi connectivity index (χ0v) is 11.6. The first-order chi connectivity index (χ1) is 9.70. The Labute approximate surface area is 118 Å². The van der Waals surface area contributed by atoms with E-state index in [0.29, 0.717) is 0 Å². The third-order valence-electron chi connectivity index (χ3n) is 3.35. The van der Waals surface area contributed by atoms with Gasteiger partial charge in [0, 0.05) is 6.08 Å². The molecule has 0 saturated carbocycles. The van der Waals surface area contributed by atoms with E-state index in [0.717, 1.165) is 19.3 Å². The van der Waals surface area contributed by atoms with Gasteiger partial charge >= 0.3 is 5.97 Å². The highest BCUT2D eigenvalue weighted by Crippen LogP contribution is 2.29. The molecule has 1 aliphatic rings. The lowest BCUT2D eigenvalue weighted by atomic mass is 9.88. The van der Waals surface area contributed by atoms with Crippen molar-refractivity contribution in [3.63, 3.8) is 0 Å². The van der Waals surface area contributed by atoms with E-state index in [1.54, 1.807) is 13.0 Å². The van der Waals surface area contributed by atoms with E-state index in [4.69, 9.17) is 4.74 Å². The van der Waals surface area contributed by atoms with Crippen LogP contribution in [0.2, 0.25) is 0 Å². The Bertz CT molecular complexity index is 522. The van der Waals surface area contributed by atoms with E-state index in [2.05, 4.69) is 11.4 Å². The predicted molar refractivity (Wildman–Crippen MR) is 76.0 cm³/mol. The molecule has 106 valence electrons. The summed E-state index contributed by atoms with van der Waals surface area (Å²) < 4.78 is 4.84. The standard InChI is InChI=1S/C16H19NO3/c1-2-6-16(19)20-11-15(18)17-14-10-5-8-12-7-3-4-9-13(12)14/h2-4,6-7,9,14H,5,8,10-11H2,1H3,(H,17,18)/b6-2+/t14-/m0/s1. The van der Waals surface area contributed by atoms with Crippen LogP contribution in [0.4, 0.5) is 0 Å². The number of rotatable bonds is 4. The molecule has 0 fully saturated rings. The topological polar surface area (TPSA) is 55.4 Å². The molecule has 0 aliphatic heterocycles. The monoisotopic (exact) mass is 273 g/mol. The average Bonchev–Trinajstić information content (AvgIpc) is 2.46. The number of aryl methyl sites for hydroxylation is 1. The quantitative estimate of drug-likeness (QED) is 0.676.